The Bertz CT molecular complexity index is 962. The molecule has 2 fully saturated rings. The SMILES string of the molecule is O=C1[C@@H]2[C@H](C(=O)N1/N=C\c1c(O)ccc3ccccc13)[C@H]1C=C[C@H]2CC1. The zero-order valence-electron chi connectivity index (χ0n) is 14.1. The molecule has 1 saturated heterocycles. The van der Waals surface area contributed by atoms with Gasteiger partial charge in [-0.15, -0.1) is 0 Å². The van der Waals surface area contributed by atoms with Crippen molar-refractivity contribution < 1.29 is 14.7 Å². The summed E-state index contributed by atoms with van der Waals surface area (Å²) in [5.74, 6) is -0.606. The number of allylic oxidation sites excluding steroid dienone is 2. The summed E-state index contributed by atoms with van der Waals surface area (Å²) in [5.41, 5.74) is 0.514. The van der Waals surface area contributed by atoms with Gasteiger partial charge in [-0.3, -0.25) is 9.59 Å². The number of hydrazone groups is 1. The molecule has 2 amide bonds. The van der Waals surface area contributed by atoms with Gasteiger partial charge in [-0.1, -0.05) is 42.5 Å². The van der Waals surface area contributed by atoms with Crippen LogP contribution in [0, 0.1) is 23.7 Å². The molecule has 0 spiro atoms. The summed E-state index contributed by atoms with van der Waals surface area (Å²) in [6, 6.07) is 11.0. The molecule has 2 aromatic carbocycles. The Morgan fingerprint density at radius 2 is 1.62 bits per heavy atom. The largest absolute Gasteiger partial charge is 0.507 e. The third-order valence-corrected chi connectivity index (χ3v) is 5.99. The number of aromatic hydroxyl groups is 1. The van der Waals surface area contributed by atoms with Crippen molar-refractivity contribution in [2.75, 3.05) is 0 Å². The van der Waals surface area contributed by atoms with Crippen LogP contribution in [0.4, 0.5) is 0 Å². The first-order valence-electron chi connectivity index (χ1n) is 8.96. The van der Waals surface area contributed by atoms with E-state index >= 15 is 0 Å². The van der Waals surface area contributed by atoms with Crippen LogP contribution in [0.3, 0.4) is 0 Å². The molecule has 3 aliphatic carbocycles. The number of imide groups is 1. The van der Waals surface area contributed by atoms with Crippen molar-refractivity contribution in [1.82, 2.24) is 5.01 Å². The minimum Gasteiger partial charge on any atom is -0.507 e. The van der Waals surface area contributed by atoms with Crippen molar-refractivity contribution in [3.05, 3.63) is 54.1 Å². The van der Waals surface area contributed by atoms with Crippen molar-refractivity contribution in [1.29, 1.82) is 0 Å². The average molecular weight is 346 g/mol. The second-order valence-corrected chi connectivity index (χ2v) is 7.29. The maximum absolute atomic E-state index is 12.8. The number of carbonyl (C=O) groups is 2. The van der Waals surface area contributed by atoms with Crippen LogP contribution in [0.25, 0.3) is 10.8 Å². The Balaban J connectivity index is 1.52. The molecule has 2 aromatic rings. The maximum Gasteiger partial charge on any atom is 0.254 e. The van der Waals surface area contributed by atoms with Crippen LogP contribution in [-0.4, -0.2) is 28.1 Å². The monoisotopic (exact) mass is 346 g/mol. The van der Waals surface area contributed by atoms with E-state index in [-0.39, 0.29) is 41.2 Å². The average Bonchev–Trinajstić information content (AvgIpc) is 2.95. The Morgan fingerprint density at radius 1 is 0.962 bits per heavy atom. The molecule has 0 unspecified atom stereocenters. The lowest BCUT2D eigenvalue weighted by Crippen LogP contribution is -2.38. The van der Waals surface area contributed by atoms with E-state index in [2.05, 4.69) is 17.3 Å². The normalized spacial score (nSPS) is 29.9. The lowest BCUT2D eigenvalue weighted by molar-refractivity contribution is -0.140. The molecule has 0 aromatic heterocycles. The molecule has 1 saturated carbocycles. The van der Waals surface area contributed by atoms with Gasteiger partial charge in [0.25, 0.3) is 11.8 Å². The van der Waals surface area contributed by atoms with Crippen LogP contribution >= 0.6 is 0 Å². The van der Waals surface area contributed by atoms with Crippen LogP contribution in [0.15, 0.2) is 53.7 Å². The van der Waals surface area contributed by atoms with E-state index in [1.807, 2.05) is 30.3 Å². The summed E-state index contributed by atoms with van der Waals surface area (Å²) < 4.78 is 0. The summed E-state index contributed by atoms with van der Waals surface area (Å²) in [6.45, 7) is 0. The summed E-state index contributed by atoms with van der Waals surface area (Å²) in [5, 5.41) is 17.2. The van der Waals surface area contributed by atoms with Crippen molar-refractivity contribution >= 4 is 28.8 Å². The van der Waals surface area contributed by atoms with Crippen molar-refractivity contribution in [3.63, 3.8) is 0 Å². The zero-order valence-corrected chi connectivity index (χ0v) is 14.1. The number of hydrogen-bond acceptors (Lipinski definition) is 4. The lowest BCUT2D eigenvalue weighted by Gasteiger charge is -2.37. The molecule has 4 aliphatic rings. The third kappa shape index (κ3) is 2.06. The summed E-state index contributed by atoms with van der Waals surface area (Å²) >= 11 is 0. The Kier molecular flexibility index (Phi) is 3.26. The Morgan fingerprint density at radius 3 is 2.27 bits per heavy atom. The maximum atomic E-state index is 12.8. The Labute approximate surface area is 150 Å². The van der Waals surface area contributed by atoms with E-state index in [0.717, 1.165) is 28.6 Å². The second kappa shape index (κ2) is 5.53. The molecular formula is C21H18N2O3. The number of rotatable bonds is 2. The fraction of sp³-hybridized carbons (Fsp3) is 0.286. The molecule has 26 heavy (non-hydrogen) atoms. The highest BCUT2D eigenvalue weighted by atomic mass is 16.3. The van der Waals surface area contributed by atoms with Crippen LogP contribution in [0.1, 0.15) is 18.4 Å². The van der Waals surface area contributed by atoms with Crippen molar-refractivity contribution in [2.24, 2.45) is 28.8 Å². The zero-order chi connectivity index (χ0) is 17.8. The summed E-state index contributed by atoms with van der Waals surface area (Å²) in [6.07, 6.45) is 7.53. The van der Waals surface area contributed by atoms with Gasteiger partial charge >= 0.3 is 0 Å². The number of hydrogen-bond donors (Lipinski definition) is 1. The highest BCUT2D eigenvalue weighted by Crippen LogP contribution is 2.49. The van der Waals surface area contributed by atoms with E-state index in [0.29, 0.717) is 5.56 Å². The highest BCUT2D eigenvalue weighted by molar-refractivity contribution is 6.08. The topological polar surface area (TPSA) is 70.0 Å². The standard InChI is InChI=1S/C21H18N2O3/c24-17-10-9-12-3-1-2-4-15(12)16(17)11-22-23-20(25)18-13-5-6-14(8-7-13)19(18)21(23)26/h1-6,9-11,13-14,18-19,24H,7-8H2/b22-11-/t13-,14-,18-,19+/m0/s1. The van der Waals surface area contributed by atoms with Gasteiger partial charge in [0, 0.05) is 5.56 Å². The fourth-order valence-electron chi connectivity index (χ4n) is 4.71. The second-order valence-electron chi connectivity index (χ2n) is 7.29. The van der Waals surface area contributed by atoms with E-state index < -0.39 is 0 Å². The third-order valence-electron chi connectivity index (χ3n) is 5.99. The van der Waals surface area contributed by atoms with Crippen LogP contribution < -0.4 is 0 Å². The van der Waals surface area contributed by atoms with Gasteiger partial charge < -0.3 is 5.11 Å². The number of carbonyl (C=O) groups excluding carboxylic acids is 2. The number of fused-ring (bicyclic) bond motifs is 2. The molecule has 1 N–H and O–H groups in total. The molecule has 0 radical (unpaired) electrons. The lowest BCUT2D eigenvalue weighted by atomic mass is 9.63. The fourth-order valence-corrected chi connectivity index (χ4v) is 4.71. The molecule has 130 valence electrons. The van der Waals surface area contributed by atoms with Gasteiger partial charge in [-0.25, -0.2) is 0 Å². The first kappa shape index (κ1) is 15.3. The van der Waals surface area contributed by atoms with Gasteiger partial charge in [0.2, 0.25) is 0 Å². The molecule has 4 atom stereocenters. The van der Waals surface area contributed by atoms with Gasteiger partial charge in [0.05, 0.1) is 18.1 Å². The van der Waals surface area contributed by atoms with Gasteiger partial charge in [0.1, 0.15) is 5.75 Å². The minimum absolute atomic E-state index is 0.0747. The number of nitrogens with zero attached hydrogens (tertiary/aromatic N) is 2. The number of amides is 2. The molecular weight excluding hydrogens is 328 g/mol. The number of phenolic OH excluding ortho intramolecular Hbond substituents is 1. The van der Waals surface area contributed by atoms with Gasteiger partial charge in [0.15, 0.2) is 0 Å². The molecule has 2 bridgehead atoms. The summed E-state index contributed by atoms with van der Waals surface area (Å²) in [4.78, 5) is 25.6. The predicted octanol–water partition coefficient (Wildman–Crippen LogP) is 3.08. The molecule has 1 aliphatic heterocycles. The summed E-state index contributed by atoms with van der Waals surface area (Å²) in [7, 11) is 0. The van der Waals surface area contributed by atoms with E-state index in [1.54, 1.807) is 6.07 Å². The smallest absolute Gasteiger partial charge is 0.254 e. The van der Waals surface area contributed by atoms with E-state index in [4.69, 9.17) is 0 Å². The molecule has 6 rings (SSSR count). The van der Waals surface area contributed by atoms with Crippen LogP contribution in [0.2, 0.25) is 0 Å². The number of phenols is 1. The quantitative estimate of drug-likeness (QED) is 0.516. The molecule has 1 heterocycles. The van der Waals surface area contributed by atoms with Crippen molar-refractivity contribution in [3.8, 4) is 5.75 Å². The van der Waals surface area contributed by atoms with E-state index in [9.17, 15) is 14.7 Å². The first-order valence-corrected chi connectivity index (χ1v) is 8.96. The minimum atomic E-state index is -0.274. The van der Waals surface area contributed by atoms with Gasteiger partial charge in [-0.2, -0.15) is 10.1 Å². The van der Waals surface area contributed by atoms with Crippen molar-refractivity contribution in [2.45, 2.75) is 12.8 Å². The van der Waals surface area contributed by atoms with Crippen LogP contribution in [-0.2, 0) is 9.59 Å². The molecule has 5 nitrogen and oxygen atoms in total. The number of benzene rings is 2. The van der Waals surface area contributed by atoms with Gasteiger partial charge in [-0.05, 0) is 41.5 Å². The Hall–Kier alpha value is -2.95. The highest BCUT2D eigenvalue weighted by Gasteiger charge is 2.56. The predicted molar refractivity (Wildman–Crippen MR) is 97.4 cm³/mol. The molecule has 5 heteroatoms. The first-order chi connectivity index (χ1) is 12.6. The van der Waals surface area contributed by atoms with Crippen LogP contribution in [0.5, 0.6) is 5.75 Å². The van der Waals surface area contributed by atoms with E-state index in [1.165, 1.54) is 6.21 Å².